The molecule has 1 N–H and O–H groups in total. The maximum absolute atomic E-state index is 5.86. The molecule has 0 spiro atoms. The van der Waals surface area contributed by atoms with Gasteiger partial charge in [-0.15, -0.1) is 11.6 Å². The summed E-state index contributed by atoms with van der Waals surface area (Å²) in [5.41, 5.74) is 1.19. The highest BCUT2D eigenvalue weighted by Gasteiger charge is 1.99. The minimum Gasteiger partial charge on any atom is -0.370 e. The van der Waals surface area contributed by atoms with E-state index in [9.17, 15) is 0 Å². The Hall–Kier alpha value is -0.280. The summed E-state index contributed by atoms with van der Waals surface area (Å²) in [7, 11) is 0. The summed E-state index contributed by atoms with van der Waals surface area (Å²) in [6, 6.07) is 2.04. The van der Waals surface area contributed by atoms with Gasteiger partial charge in [0.25, 0.3) is 0 Å². The third-order valence-electron chi connectivity index (χ3n) is 2.13. The second-order valence-electron chi connectivity index (χ2n) is 3.67. The number of alkyl halides is 1. The predicted molar refractivity (Wildman–Crippen MR) is 69.7 cm³/mol. The molecule has 1 heterocycles. The van der Waals surface area contributed by atoms with Crippen molar-refractivity contribution >= 4 is 33.3 Å². The number of aromatic nitrogens is 1. The van der Waals surface area contributed by atoms with Gasteiger partial charge in [-0.2, -0.15) is 0 Å². The van der Waals surface area contributed by atoms with Crippen molar-refractivity contribution in [3.8, 4) is 0 Å². The van der Waals surface area contributed by atoms with Gasteiger partial charge < -0.3 is 5.32 Å². The van der Waals surface area contributed by atoms with E-state index in [0.29, 0.717) is 0 Å². The van der Waals surface area contributed by atoms with E-state index in [1.807, 2.05) is 19.2 Å². The molecule has 84 valence electrons. The Kier molecular flexibility index (Phi) is 5.40. The van der Waals surface area contributed by atoms with E-state index >= 15 is 0 Å². The fraction of sp³-hybridized carbons (Fsp3) is 0.545. The normalized spacial score (nSPS) is 12.5. The van der Waals surface area contributed by atoms with Crippen molar-refractivity contribution in [1.82, 2.24) is 4.98 Å². The van der Waals surface area contributed by atoms with Crippen molar-refractivity contribution in [2.45, 2.75) is 32.1 Å². The van der Waals surface area contributed by atoms with Crippen LogP contribution in [0.4, 0.5) is 5.82 Å². The van der Waals surface area contributed by atoms with E-state index in [1.54, 1.807) is 0 Å². The molecule has 2 nitrogen and oxygen atoms in total. The van der Waals surface area contributed by atoms with Crippen molar-refractivity contribution in [2.24, 2.45) is 0 Å². The molecule has 1 unspecified atom stereocenters. The lowest BCUT2D eigenvalue weighted by Gasteiger charge is -2.07. The molecule has 1 rings (SSSR count). The van der Waals surface area contributed by atoms with Gasteiger partial charge >= 0.3 is 0 Å². The van der Waals surface area contributed by atoms with Crippen LogP contribution in [0.25, 0.3) is 0 Å². The van der Waals surface area contributed by atoms with Crippen LogP contribution < -0.4 is 5.32 Å². The summed E-state index contributed by atoms with van der Waals surface area (Å²) in [6.45, 7) is 4.99. The second kappa shape index (κ2) is 6.33. The van der Waals surface area contributed by atoms with E-state index in [0.717, 1.165) is 29.7 Å². The average Bonchev–Trinajstić information content (AvgIpc) is 2.18. The highest BCUT2D eigenvalue weighted by molar-refractivity contribution is 9.10. The summed E-state index contributed by atoms with van der Waals surface area (Å²) in [4.78, 5) is 4.26. The monoisotopic (exact) mass is 290 g/mol. The quantitative estimate of drug-likeness (QED) is 0.656. The molecule has 0 aliphatic heterocycles. The highest BCUT2D eigenvalue weighted by Crippen LogP contribution is 2.17. The zero-order valence-corrected chi connectivity index (χ0v) is 11.4. The van der Waals surface area contributed by atoms with Crippen LogP contribution in [0.3, 0.4) is 0 Å². The van der Waals surface area contributed by atoms with Crippen molar-refractivity contribution < 1.29 is 0 Å². The SMILES string of the molecule is Cc1cc(NCCCC(C)Cl)ncc1Br. The smallest absolute Gasteiger partial charge is 0.126 e. The van der Waals surface area contributed by atoms with Crippen LogP contribution in [0.5, 0.6) is 0 Å². The number of hydrogen-bond donors (Lipinski definition) is 1. The van der Waals surface area contributed by atoms with E-state index in [2.05, 4.69) is 33.2 Å². The van der Waals surface area contributed by atoms with Crippen molar-refractivity contribution in [3.63, 3.8) is 0 Å². The van der Waals surface area contributed by atoms with Crippen LogP contribution in [-0.4, -0.2) is 16.9 Å². The number of anilines is 1. The molecule has 0 aliphatic rings. The first-order valence-corrected chi connectivity index (χ1v) is 6.32. The fourth-order valence-electron chi connectivity index (χ4n) is 1.24. The minimum atomic E-state index is 0.256. The molecular weight excluding hydrogens is 275 g/mol. The molecule has 1 aromatic rings. The zero-order chi connectivity index (χ0) is 11.3. The fourth-order valence-corrected chi connectivity index (χ4v) is 1.61. The number of hydrogen-bond acceptors (Lipinski definition) is 2. The first-order chi connectivity index (χ1) is 7.09. The van der Waals surface area contributed by atoms with Gasteiger partial charge in [-0.25, -0.2) is 4.98 Å². The van der Waals surface area contributed by atoms with Crippen LogP contribution in [0.15, 0.2) is 16.7 Å². The van der Waals surface area contributed by atoms with Crippen LogP contribution in [0.1, 0.15) is 25.3 Å². The molecular formula is C11H16BrClN2. The predicted octanol–water partition coefficient (Wildman–Crippen LogP) is 3.97. The van der Waals surface area contributed by atoms with Crippen LogP contribution in [0.2, 0.25) is 0 Å². The molecule has 0 amide bonds. The van der Waals surface area contributed by atoms with E-state index in [4.69, 9.17) is 11.6 Å². The molecule has 4 heteroatoms. The molecule has 0 bridgehead atoms. The largest absolute Gasteiger partial charge is 0.370 e. The number of aryl methyl sites for hydroxylation is 1. The molecule has 1 aromatic heterocycles. The van der Waals surface area contributed by atoms with Gasteiger partial charge in [-0.1, -0.05) is 0 Å². The van der Waals surface area contributed by atoms with Gasteiger partial charge in [-0.05, 0) is 54.2 Å². The second-order valence-corrected chi connectivity index (χ2v) is 5.27. The zero-order valence-electron chi connectivity index (χ0n) is 9.06. The Balaban J connectivity index is 2.35. The lowest BCUT2D eigenvalue weighted by atomic mass is 10.2. The van der Waals surface area contributed by atoms with Gasteiger partial charge in [0.1, 0.15) is 5.82 Å². The molecule has 0 saturated heterocycles. The Morgan fingerprint density at radius 1 is 1.60 bits per heavy atom. The number of rotatable bonds is 5. The average molecular weight is 292 g/mol. The Morgan fingerprint density at radius 2 is 2.33 bits per heavy atom. The summed E-state index contributed by atoms with van der Waals surface area (Å²) in [6.07, 6.45) is 3.92. The van der Waals surface area contributed by atoms with Crippen LogP contribution in [-0.2, 0) is 0 Å². The van der Waals surface area contributed by atoms with Gasteiger partial charge in [0, 0.05) is 22.6 Å². The summed E-state index contributed by atoms with van der Waals surface area (Å²) < 4.78 is 1.04. The van der Waals surface area contributed by atoms with E-state index in [-0.39, 0.29) is 5.38 Å². The van der Waals surface area contributed by atoms with Crippen molar-refractivity contribution in [3.05, 3.63) is 22.3 Å². The Morgan fingerprint density at radius 3 is 2.93 bits per heavy atom. The van der Waals surface area contributed by atoms with Gasteiger partial charge in [0.2, 0.25) is 0 Å². The molecule has 0 aromatic carbocycles. The lowest BCUT2D eigenvalue weighted by Crippen LogP contribution is -2.05. The number of halogens is 2. The third kappa shape index (κ3) is 4.85. The number of nitrogens with one attached hydrogen (secondary N) is 1. The van der Waals surface area contributed by atoms with Crippen molar-refractivity contribution in [2.75, 3.05) is 11.9 Å². The standard InChI is InChI=1S/C11H16BrClN2/c1-8-6-11(15-7-10(8)12)14-5-3-4-9(2)13/h6-7,9H,3-5H2,1-2H3,(H,14,15). The highest BCUT2D eigenvalue weighted by atomic mass is 79.9. The summed E-state index contributed by atoms with van der Waals surface area (Å²) in [5, 5.41) is 3.53. The van der Waals surface area contributed by atoms with Crippen LogP contribution in [0, 0.1) is 6.92 Å². The lowest BCUT2D eigenvalue weighted by molar-refractivity contribution is 0.749. The maximum Gasteiger partial charge on any atom is 0.126 e. The topological polar surface area (TPSA) is 24.9 Å². The van der Waals surface area contributed by atoms with Gasteiger partial charge in [0.15, 0.2) is 0 Å². The Bertz CT molecular complexity index is 315. The number of pyridine rings is 1. The van der Waals surface area contributed by atoms with Crippen molar-refractivity contribution in [1.29, 1.82) is 0 Å². The first kappa shape index (κ1) is 12.8. The van der Waals surface area contributed by atoms with E-state index < -0.39 is 0 Å². The maximum atomic E-state index is 5.86. The molecule has 0 saturated carbocycles. The molecule has 0 fully saturated rings. The van der Waals surface area contributed by atoms with Gasteiger partial charge in [0.05, 0.1) is 0 Å². The Labute approximate surface area is 105 Å². The number of nitrogens with zero attached hydrogens (tertiary/aromatic N) is 1. The molecule has 1 atom stereocenters. The minimum absolute atomic E-state index is 0.256. The third-order valence-corrected chi connectivity index (χ3v) is 3.18. The van der Waals surface area contributed by atoms with E-state index in [1.165, 1.54) is 5.56 Å². The van der Waals surface area contributed by atoms with Crippen LogP contribution >= 0.6 is 27.5 Å². The molecule has 0 radical (unpaired) electrons. The van der Waals surface area contributed by atoms with Gasteiger partial charge in [-0.3, -0.25) is 0 Å². The summed E-state index contributed by atoms with van der Waals surface area (Å²) in [5.74, 6) is 0.929. The summed E-state index contributed by atoms with van der Waals surface area (Å²) >= 11 is 9.28. The molecule has 0 aliphatic carbocycles. The molecule has 15 heavy (non-hydrogen) atoms. The first-order valence-electron chi connectivity index (χ1n) is 5.09.